The smallest absolute Gasteiger partial charge is 0.286 e. The molecule has 1 N–H and O–H groups in total. The minimum Gasteiger partial charge on any atom is -0.454 e. The topological polar surface area (TPSA) is 77.9 Å². The van der Waals surface area contributed by atoms with Crippen molar-refractivity contribution in [2.45, 2.75) is 46.2 Å². The van der Waals surface area contributed by atoms with E-state index >= 15 is 0 Å². The van der Waals surface area contributed by atoms with Crippen LogP contribution in [0.3, 0.4) is 0 Å². The van der Waals surface area contributed by atoms with Gasteiger partial charge in [-0.1, -0.05) is 11.6 Å². The third-order valence-electron chi connectivity index (χ3n) is 4.50. The SMILES string of the molecule is Cc1cc(C)n(CCCNC(=O)c2ccc(Cn3nc(C(F)F)c(Cl)c3C(F)F)o2)n1. The zero-order chi connectivity index (χ0) is 22.7. The number of alkyl halides is 4. The molecule has 0 aromatic carbocycles. The van der Waals surface area contributed by atoms with Crippen molar-refractivity contribution in [1.82, 2.24) is 24.9 Å². The van der Waals surface area contributed by atoms with Gasteiger partial charge in [-0.05, 0) is 38.5 Å². The normalized spacial score (nSPS) is 11.6. The van der Waals surface area contributed by atoms with Crippen LogP contribution < -0.4 is 5.32 Å². The highest BCUT2D eigenvalue weighted by atomic mass is 35.5. The zero-order valence-corrected chi connectivity index (χ0v) is 17.5. The molecule has 0 aliphatic heterocycles. The van der Waals surface area contributed by atoms with Crippen LogP contribution in [-0.4, -0.2) is 32.0 Å². The maximum atomic E-state index is 13.2. The monoisotopic (exact) mass is 461 g/mol. The summed E-state index contributed by atoms with van der Waals surface area (Å²) in [6, 6.07) is 4.71. The van der Waals surface area contributed by atoms with Gasteiger partial charge in [-0.25, -0.2) is 17.6 Å². The molecule has 0 radical (unpaired) electrons. The third-order valence-corrected chi connectivity index (χ3v) is 4.88. The quantitative estimate of drug-likeness (QED) is 0.370. The van der Waals surface area contributed by atoms with Crippen LogP contribution in [0.1, 0.15) is 58.4 Å². The lowest BCUT2D eigenvalue weighted by molar-refractivity contribution is 0.0922. The first-order valence-electron chi connectivity index (χ1n) is 9.37. The highest BCUT2D eigenvalue weighted by molar-refractivity contribution is 6.32. The Bertz CT molecular complexity index is 1060. The van der Waals surface area contributed by atoms with E-state index in [9.17, 15) is 22.4 Å². The fourth-order valence-electron chi connectivity index (χ4n) is 3.09. The fraction of sp³-hybridized carbons (Fsp3) is 0.421. The lowest BCUT2D eigenvalue weighted by Gasteiger charge is -2.06. The molecule has 0 spiro atoms. The van der Waals surface area contributed by atoms with E-state index in [-0.39, 0.29) is 18.1 Å². The first-order valence-corrected chi connectivity index (χ1v) is 9.75. The molecule has 0 unspecified atom stereocenters. The second-order valence-electron chi connectivity index (χ2n) is 6.87. The summed E-state index contributed by atoms with van der Waals surface area (Å²) in [4.78, 5) is 12.2. The number of amides is 1. The van der Waals surface area contributed by atoms with Crippen molar-refractivity contribution >= 4 is 17.5 Å². The molecule has 0 atom stereocenters. The number of furan rings is 1. The van der Waals surface area contributed by atoms with Crippen LogP contribution >= 0.6 is 11.6 Å². The van der Waals surface area contributed by atoms with Crippen molar-refractivity contribution in [3.05, 3.63) is 57.5 Å². The molecule has 0 saturated heterocycles. The number of aryl methyl sites for hydroxylation is 3. The van der Waals surface area contributed by atoms with E-state index in [1.54, 1.807) is 0 Å². The predicted octanol–water partition coefficient (Wildman–Crippen LogP) is 4.69. The second-order valence-corrected chi connectivity index (χ2v) is 7.25. The Balaban J connectivity index is 1.59. The van der Waals surface area contributed by atoms with E-state index in [4.69, 9.17) is 16.0 Å². The Morgan fingerprint density at radius 3 is 2.52 bits per heavy atom. The van der Waals surface area contributed by atoms with Crippen LogP contribution in [0.5, 0.6) is 0 Å². The van der Waals surface area contributed by atoms with Crippen LogP contribution in [-0.2, 0) is 13.1 Å². The summed E-state index contributed by atoms with van der Waals surface area (Å²) in [5.74, 6) is -0.429. The molecule has 1 amide bonds. The number of aromatic nitrogens is 4. The van der Waals surface area contributed by atoms with Gasteiger partial charge in [0.25, 0.3) is 18.8 Å². The summed E-state index contributed by atoms with van der Waals surface area (Å²) in [5.41, 5.74) is 0.183. The van der Waals surface area contributed by atoms with Crippen molar-refractivity contribution in [3.8, 4) is 0 Å². The van der Waals surface area contributed by atoms with E-state index in [2.05, 4.69) is 15.5 Å². The van der Waals surface area contributed by atoms with Crippen molar-refractivity contribution in [2.75, 3.05) is 6.54 Å². The second kappa shape index (κ2) is 9.54. The molecule has 0 aliphatic rings. The molecule has 0 fully saturated rings. The first-order chi connectivity index (χ1) is 14.7. The molecule has 0 saturated carbocycles. The van der Waals surface area contributed by atoms with Crippen molar-refractivity contribution in [3.63, 3.8) is 0 Å². The average molecular weight is 462 g/mol. The summed E-state index contributed by atoms with van der Waals surface area (Å²) in [7, 11) is 0. The maximum absolute atomic E-state index is 13.2. The molecule has 3 rings (SSSR count). The number of hydrogen-bond acceptors (Lipinski definition) is 4. The van der Waals surface area contributed by atoms with Gasteiger partial charge in [0.1, 0.15) is 17.1 Å². The number of hydrogen-bond donors (Lipinski definition) is 1. The van der Waals surface area contributed by atoms with E-state index in [0.717, 1.165) is 11.4 Å². The van der Waals surface area contributed by atoms with E-state index in [0.29, 0.717) is 24.2 Å². The molecule has 0 aliphatic carbocycles. The molecule has 3 aromatic rings. The fourth-order valence-corrected chi connectivity index (χ4v) is 3.39. The van der Waals surface area contributed by atoms with Crippen LogP contribution in [0.4, 0.5) is 17.6 Å². The molecular formula is C19H20ClF4N5O2. The minimum atomic E-state index is -3.10. The largest absolute Gasteiger partial charge is 0.454 e. The Morgan fingerprint density at radius 2 is 1.90 bits per heavy atom. The maximum Gasteiger partial charge on any atom is 0.286 e. The first kappa shape index (κ1) is 22.9. The highest BCUT2D eigenvalue weighted by Crippen LogP contribution is 2.35. The van der Waals surface area contributed by atoms with Crippen LogP contribution in [0.15, 0.2) is 22.6 Å². The molecule has 168 valence electrons. The van der Waals surface area contributed by atoms with Gasteiger partial charge in [0.15, 0.2) is 5.76 Å². The van der Waals surface area contributed by atoms with Gasteiger partial charge < -0.3 is 9.73 Å². The van der Waals surface area contributed by atoms with Gasteiger partial charge in [-0.15, -0.1) is 0 Å². The van der Waals surface area contributed by atoms with Crippen molar-refractivity contribution in [2.24, 2.45) is 0 Å². The molecule has 3 heterocycles. The number of rotatable bonds is 9. The molecule has 31 heavy (non-hydrogen) atoms. The number of halogens is 5. The Hall–Kier alpha value is -2.82. The number of nitrogens with zero attached hydrogens (tertiary/aromatic N) is 4. The average Bonchev–Trinajstić information content (AvgIpc) is 3.36. The van der Waals surface area contributed by atoms with E-state index in [1.165, 1.54) is 12.1 Å². The molecule has 0 bridgehead atoms. The standard InChI is InChI=1S/C19H20ClF4N5O2/c1-10-8-11(2)28(26-10)7-3-6-25-19(30)13-5-4-12(31-13)9-29-16(18(23)24)14(20)15(27-29)17(21)22/h4-5,8,17-18H,3,6-7,9H2,1-2H3,(H,25,30). The van der Waals surface area contributed by atoms with Crippen molar-refractivity contribution < 1.29 is 26.8 Å². The van der Waals surface area contributed by atoms with E-state index < -0.39 is 35.2 Å². The summed E-state index contributed by atoms with van der Waals surface area (Å²) in [6.07, 6.45) is -5.56. The summed E-state index contributed by atoms with van der Waals surface area (Å²) >= 11 is 5.62. The Labute approximate surface area is 180 Å². The van der Waals surface area contributed by atoms with E-state index in [1.807, 2.05) is 24.6 Å². The Morgan fingerprint density at radius 1 is 1.16 bits per heavy atom. The summed E-state index contributed by atoms with van der Waals surface area (Å²) in [5, 5.41) is 9.71. The summed E-state index contributed by atoms with van der Waals surface area (Å²) < 4.78 is 60.2. The van der Waals surface area contributed by atoms with Crippen LogP contribution in [0.2, 0.25) is 5.02 Å². The minimum absolute atomic E-state index is 0.0351. The third kappa shape index (κ3) is 5.27. The van der Waals surface area contributed by atoms with Gasteiger partial charge in [0, 0.05) is 18.8 Å². The van der Waals surface area contributed by atoms with Crippen LogP contribution in [0, 0.1) is 13.8 Å². The summed E-state index contributed by atoms with van der Waals surface area (Å²) in [6.45, 7) is 4.47. The van der Waals surface area contributed by atoms with Crippen molar-refractivity contribution in [1.29, 1.82) is 0 Å². The molecule has 12 heteroatoms. The number of carbonyl (C=O) groups excluding carboxylic acids is 1. The van der Waals surface area contributed by atoms with Gasteiger partial charge in [-0.2, -0.15) is 10.2 Å². The molecule has 7 nitrogen and oxygen atoms in total. The highest BCUT2D eigenvalue weighted by Gasteiger charge is 2.28. The van der Waals surface area contributed by atoms with Gasteiger partial charge in [0.2, 0.25) is 0 Å². The van der Waals surface area contributed by atoms with Gasteiger partial charge >= 0.3 is 0 Å². The molecule has 3 aromatic heterocycles. The number of nitrogens with one attached hydrogen (secondary N) is 1. The number of carbonyl (C=O) groups is 1. The lowest BCUT2D eigenvalue weighted by Crippen LogP contribution is -2.25. The Kier molecular flexibility index (Phi) is 7.04. The molecular weight excluding hydrogens is 442 g/mol. The van der Waals surface area contributed by atoms with Crippen LogP contribution in [0.25, 0.3) is 0 Å². The van der Waals surface area contributed by atoms with Gasteiger partial charge in [-0.3, -0.25) is 14.2 Å². The lowest BCUT2D eigenvalue weighted by atomic mass is 10.3. The predicted molar refractivity (Wildman–Crippen MR) is 104 cm³/mol. The van der Waals surface area contributed by atoms with Gasteiger partial charge in [0.05, 0.1) is 17.3 Å². The zero-order valence-electron chi connectivity index (χ0n) is 16.7.